The minimum absolute atomic E-state index is 0.482. The molecule has 0 aromatic heterocycles. The molecular weight excluding hydrogens is 314 g/mol. The van der Waals surface area contributed by atoms with E-state index >= 15 is 0 Å². The summed E-state index contributed by atoms with van der Waals surface area (Å²) in [6.07, 6.45) is 3.96. The van der Waals surface area contributed by atoms with E-state index in [9.17, 15) is 0 Å². The van der Waals surface area contributed by atoms with Crippen LogP contribution in [0, 0.1) is 6.92 Å². The zero-order valence-corrected chi connectivity index (χ0v) is 15.2. The van der Waals surface area contributed by atoms with E-state index < -0.39 is 0 Å². The van der Waals surface area contributed by atoms with Crippen molar-refractivity contribution in [2.75, 3.05) is 18.4 Å². The van der Waals surface area contributed by atoms with Crippen molar-refractivity contribution in [3.8, 4) is 0 Å². The molecule has 1 aromatic carbocycles. The number of nitrogens with zero attached hydrogens (tertiary/aromatic N) is 1. The van der Waals surface area contributed by atoms with Crippen molar-refractivity contribution in [1.29, 1.82) is 0 Å². The number of rotatable bonds is 4. The first kappa shape index (κ1) is 17.5. The first-order valence-electron chi connectivity index (χ1n) is 8.04. The normalized spacial score (nSPS) is 20.5. The molecule has 5 heteroatoms. The van der Waals surface area contributed by atoms with Gasteiger partial charge in [0.05, 0.1) is 0 Å². The van der Waals surface area contributed by atoms with Crippen molar-refractivity contribution in [3.63, 3.8) is 0 Å². The smallest absolute Gasteiger partial charge is 0.170 e. The largest absolute Gasteiger partial charge is 0.361 e. The molecule has 0 aliphatic carbocycles. The molecule has 3 nitrogen and oxygen atoms in total. The summed E-state index contributed by atoms with van der Waals surface area (Å²) in [7, 11) is 0. The van der Waals surface area contributed by atoms with Crippen LogP contribution in [0.15, 0.2) is 18.2 Å². The Hall–Kier alpha value is -0.840. The van der Waals surface area contributed by atoms with Crippen LogP contribution in [-0.4, -0.2) is 35.2 Å². The molecule has 1 saturated heterocycles. The predicted octanol–water partition coefficient (Wildman–Crippen LogP) is 4.20. The number of nitrogens with one attached hydrogen (secondary N) is 2. The highest BCUT2D eigenvalue weighted by molar-refractivity contribution is 7.80. The highest BCUT2D eigenvalue weighted by Gasteiger charge is 2.22. The van der Waals surface area contributed by atoms with Gasteiger partial charge in [-0.1, -0.05) is 24.1 Å². The summed E-state index contributed by atoms with van der Waals surface area (Å²) >= 11 is 11.5. The molecule has 1 heterocycles. The maximum absolute atomic E-state index is 6.13. The average Bonchev–Trinajstić information content (AvgIpc) is 2.50. The second-order valence-electron chi connectivity index (χ2n) is 6.18. The monoisotopic (exact) mass is 339 g/mol. The molecular formula is C17H26ClN3S. The molecule has 0 bridgehead atoms. The van der Waals surface area contributed by atoms with Gasteiger partial charge in [0.15, 0.2) is 5.11 Å². The molecule has 0 saturated carbocycles. The fraction of sp³-hybridized carbons (Fsp3) is 0.588. The van der Waals surface area contributed by atoms with E-state index in [-0.39, 0.29) is 0 Å². The summed E-state index contributed by atoms with van der Waals surface area (Å²) in [6, 6.07) is 6.96. The molecule has 2 unspecified atom stereocenters. The molecule has 0 amide bonds. The van der Waals surface area contributed by atoms with Crippen LogP contribution >= 0.6 is 23.8 Å². The number of anilines is 1. The van der Waals surface area contributed by atoms with Gasteiger partial charge in [-0.3, -0.25) is 4.90 Å². The van der Waals surface area contributed by atoms with Crippen molar-refractivity contribution in [2.45, 2.75) is 52.1 Å². The van der Waals surface area contributed by atoms with Gasteiger partial charge in [0.25, 0.3) is 0 Å². The first-order chi connectivity index (χ1) is 10.5. The van der Waals surface area contributed by atoms with E-state index in [1.54, 1.807) is 0 Å². The van der Waals surface area contributed by atoms with Crippen molar-refractivity contribution in [1.82, 2.24) is 10.2 Å². The third-order valence-corrected chi connectivity index (χ3v) is 5.15. The van der Waals surface area contributed by atoms with E-state index in [1.807, 2.05) is 25.1 Å². The van der Waals surface area contributed by atoms with Gasteiger partial charge in [0, 0.05) is 29.3 Å². The topological polar surface area (TPSA) is 27.3 Å². The maximum atomic E-state index is 6.13. The van der Waals surface area contributed by atoms with Crippen LogP contribution in [0.25, 0.3) is 0 Å². The van der Waals surface area contributed by atoms with Crippen LogP contribution in [0.4, 0.5) is 5.69 Å². The number of thiocarbonyl (C=S) groups is 1. The van der Waals surface area contributed by atoms with Crippen molar-refractivity contribution in [2.24, 2.45) is 0 Å². The second kappa shape index (κ2) is 8.14. The Bertz CT molecular complexity index is 521. The van der Waals surface area contributed by atoms with Gasteiger partial charge in [-0.05, 0) is 70.1 Å². The zero-order chi connectivity index (χ0) is 16.1. The number of halogens is 1. The van der Waals surface area contributed by atoms with Crippen molar-refractivity contribution in [3.05, 3.63) is 28.8 Å². The molecule has 2 rings (SSSR count). The zero-order valence-electron chi connectivity index (χ0n) is 13.7. The average molecular weight is 340 g/mol. The number of likely N-dealkylation sites (tertiary alicyclic amines) is 1. The second-order valence-corrected chi connectivity index (χ2v) is 6.99. The molecule has 1 aromatic rings. The quantitative estimate of drug-likeness (QED) is 0.804. The van der Waals surface area contributed by atoms with Crippen molar-refractivity contribution < 1.29 is 0 Å². The summed E-state index contributed by atoms with van der Waals surface area (Å²) in [4.78, 5) is 2.57. The molecule has 22 heavy (non-hydrogen) atoms. The SMILES string of the molecule is Cc1c(Cl)cccc1NC(=S)NCC(C)N1CCCCC1C. The van der Waals surface area contributed by atoms with Crippen LogP contribution in [0.3, 0.4) is 0 Å². The third kappa shape index (κ3) is 4.58. The summed E-state index contributed by atoms with van der Waals surface area (Å²) in [5.74, 6) is 0. The van der Waals surface area contributed by atoms with E-state index in [0.717, 1.165) is 22.8 Å². The van der Waals surface area contributed by atoms with Gasteiger partial charge in [-0.25, -0.2) is 0 Å². The molecule has 1 fully saturated rings. The minimum atomic E-state index is 0.482. The molecule has 2 N–H and O–H groups in total. The Morgan fingerprint density at radius 1 is 1.45 bits per heavy atom. The van der Waals surface area contributed by atoms with Gasteiger partial charge >= 0.3 is 0 Å². The highest BCUT2D eigenvalue weighted by atomic mass is 35.5. The molecule has 2 atom stereocenters. The Morgan fingerprint density at radius 3 is 2.95 bits per heavy atom. The van der Waals surface area contributed by atoms with Crippen LogP contribution < -0.4 is 10.6 Å². The number of piperidine rings is 1. The van der Waals surface area contributed by atoms with Gasteiger partial charge in [-0.2, -0.15) is 0 Å². The maximum Gasteiger partial charge on any atom is 0.170 e. The lowest BCUT2D eigenvalue weighted by atomic mass is 10.0. The fourth-order valence-corrected chi connectivity index (χ4v) is 3.41. The van der Waals surface area contributed by atoms with Gasteiger partial charge in [-0.15, -0.1) is 0 Å². The third-order valence-electron chi connectivity index (χ3n) is 4.49. The lowest BCUT2D eigenvalue weighted by Gasteiger charge is -2.38. The van der Waals surface area contributed by atoms with Crippen LogP contribution in [0.1, 0.15) is 38.7 Å². The lowest BCUT2D eigenvalue weighted by Crippen LogP contribution is -2.49. The Balaban J connectivity index is 1.83. The molecule has 0 spiro atoms. The Morgan fingerprint density at radius 2 is 2.23 bits per heavy atom. The minimum Gasteiger partial charge on any atom is -0.361 e. The molecule has 1 aliphatic rings. The van der Waals surface area contributed by atoms with Gasteiger partial charge in [0.2, 0.25) is 0 Å². The van der Waals surface area contributed by atoms with Crippen LogP contribution in [0.5, 0.6) is 0 Å². The lowest BCUT2D eigenvalue weighted by molar-refractivity contribution is 0.116. The van der Waals surface area contributed by atoms with Crippen molar-refractivity contribution >= 4 is 34.6 Å². The van der Waals surface area contributed by atoms with Crippen LogP contribution in [-0.2, 0) is 0 Å². The summed E-state index contributed by atoms with van der Waals surface area (Å²) in [5.41, 5.74) is 1.98. The predicted molar refractivity (Wildman–Crippen MR) is 99.9 cm³/mol. The first-order valence-corrected chi connectivity index (χ1v) is 8.83. The van der Waals surface area contributed by atoms with E-state index in [0.29, 0.717) is 17.2 Å². The standard InChI is InChI=1S/C17H26ClN3S/c1-12-7-4-5-10-21(12)13(2)11-19-17(22)20-16-9-6-8-15(18)14(16)3/h6,8-9,12-13H,4-5,7,10-11H2,1-3H3,(H2,19,20,22). The Labute approximate surface area is 144 Å². The van der Waals surface area contributed by atoms with E-state index in [1.165, 1.54) is 25.8 Å². The number of hydrogen-bond acceptors (Lipinski definition) is 2. The number of hydrogen-bond donors (Lipinski definition) is 2. The molecule has 1 aliphatic heterocycles. The van der Waals surface area contributed by atoms with Crippen LogP contribution in [0.2, 0.25) is 5.02 Å². The van der Waals surface area contributed by atoms with E-state index in [2.05, 4.69) is 29.4 Å². The van der Waals surface area contributed by atoms with Gasteiger partial charge < -0.3 is 10.6 Å². The molecule has 122 valence electrons. The summed E-state index contributed by atoms with van der Waals surface area (Å²) in [6.45, 7) is 8.63. The summed E-state index contributed by atoms with van der Waals surface area (Å²) in [5, 5.41) is 7.98. The summed E-state index contributed by atoms with van der Waals surface area (Å²) < 4.78 is 0. The molecule has 0 radical (unpaired) electrons. The Kier molecular flexibility index (Phi) is 6.48. The van der Waals surface area contributed by atoms with Gasteiger partial charge in [0.1, 0.15) is 0 Å². The van der Waals surface area contributed by atoms with E-state index in [4.69, 9.17) is 23.8 Å². The fourth-order valence-electron chi connectivity index (χ4n) is 3.04. The highest BCUT2D eigenvalue weighted by Crippen LogP contribution is 2.23. The number of benzene rings is 1.